The Morgan fingerprint density at radius 3 is 1.62 bits per heavy atom. The highest BCUT2D eigenvalue weighted by molar-refractivity contribution is 5.68. The summed E-state index contributed by atoms with van der Waals surface area (Å²) >= 11 is 0. The van der Waals surface area contributed by atoms with Gasteiger partial charge in [-0.2, -0.15) is 0 Å². The van der Waals surface area contributed by atoms with E-state index in [4.69, 9.17) is 18.9 Å². The molecule has 0 saturated heterocycles. The third-order valence-corrected chi connectivity index (χ3v) is 2.25. The van der Waals surface area contributed by atoms with E-state index in [9.17, 15) is 19.2 Å². The van der Waals surface area contributed by atoms with Crippen LogP contribution in [0, 0.1) is 0 Å². The average Bonchev–Trinajstić information content (AvgIpc) is 2.29. The van der Waals surface area contributed by atoms with Gasteiger partial charge in [-0.25, -0.2) is 0 Å². The molecule has 0 spiro atoms. The van der Waals surface area contributed by atoms with E-state index in [1.165, 1.54) is 20.8 Å². The number of hydrogen-bond donors (Lipinski definition) is 0. The van der Waals surface area contributed by atoms with E-state index in [1.54, 1.807) is 0 Å². The van der Waals surface area contributed by atoms with Crippen LogP contribution in [-0.4, -0.2) is 48.8 Å². The van der Waals surface area contributed by atoms with Crippen LogP contribution in [0.5, 0.6) is 0 Å². The molecule has 3 unspecified atom stereocenters. The van der Waals surface area contributed by atoms with Crippen molar-refractivity contribution in [2.75, 3.05) is 6.61 Å². The predicted octanol–water partition coefficient (Wildman–Crippen LogP) is 0.365. The molecule has 0 aliphatic rings. The van der Waals surface area contributed by atoms with E-state index in [0.29, 0.717) is 0 Å². The van der Waals surface area contributed by atoms with Crippen molar-refractivity contribution in [3.05, 3.63) is 0 Å². The number of carbonyl (C=O) groups is 4. The fraction of sp³-hybridized carbons (Fsp3) is 0.692. The minimum absolute atomic E-state index is 0.321. The van der Waals surface area contributed by atoms with Crippen molar-refractivity contribution in [2.45, 2.75) is 52.9 Å². The van der Waals surface area contributed by atoms with Crippen molar-refractivity contribution < 1.29 is 38.1 Å². The van der Waals surface area contributed by atoms with Crippen molar-refractivity contribution in [3.63, 3.8) is 0 Å². The lowest BCUT2D eigenvalue weighted by Crippen LogP contribution is -2.46. The molecule has 8 heteroatoms. The molecule has 120 valence electrons. The van der Waals surface area contributed by atoms with Crippen LogP contribution in [0.1, 0.15) is 34.6 Å². The largest absolute Gasteiger partial charge is 0.462 e. The van der Waals surface area contributed by atoms with Gasteiger partial charge in [-0.05, 0) is 6.92 Å². The summed E-state index contributed by atoms with van der Waals surface area (Å²) in [4.78, 5) is 44.2. The van der Waals surface area contributed by atoms with Gasteiger partial charge in [-0.1, -0.05) is 0 Å². The highest BCUT2D eigenvalue weighted by Gasteiger charge is 2.35. The predicted molar refractivity (Wildman–Crippen MR) is 69.0 cm³/mol. The summed E-state index contributed by atoms with van der Waals surface area (Å²) < 4.78 is 19.7. The van der Waals surface area contributed by atoms with Gasteiger partial charge in [0.15, 0.2) is 12.2 Å². The number of rotatable bonds is 7. The summed E-state index contributed by atoms with van der Waals surface area (Å²) in [6.07, 6.45) is -3.05. The Labute approximate surface area is 122 Å². The molecule has 0 saturated carbocycles. The van der Waals surface area contributed by atoms with E-state index in [2.05, 4.69) is 0 Å². The minimum atomic E-state index is -1.09. The molecular weight excluding hydrogens is 284 g/mol. The molecule has 0 aromatic heterocycles. The molecule has 0 rings (SSSR count). The Kier molecular flexibility index (Phi) is 8.03. The molecule has 0 amide bonds. The second-order valence-corrected chi connectivity index (χ2v) is 4.34. The van der Waals surface area contributed by atoms with Gasteiger partial charge >= 0.3 is 23.9 Å². The maximum atomic E-state index is 11.2. The summed E-state index contributed by atoms with van der Waals surface area (Å²) in [5, 5.41) is 0. The molecule has 0 bridgehead atoms. The standard InChI is InChI=1S/C13H20O8/c1-7(19-9(3)15)13(21-11(5)17)12(20-10(4)16)6-18-8(2)14/h7,12-13H,6H2,1-5H3. The van der Waals surface area contributed by atoms with E-state index in [0.717, 1.165) is 13.8 Å². The zero-order valence-electron chi connectivity index (χ0n) is 12.7. The minimum Gasteiger partial charge on any atom is -0.462 e. The van der Waals surface area contributed by atoms with Crippen molar-refractivity contribution in [3.8, 4) is 0 Å². The first-order valence-corrected chi connectivity index (χ1v) is 6.28. The van der Waals surface area contributed by atoms with Gasteiger partial charge in [0.05, 0.1) is 0 Å². The van der Waals surface area contributed by atoms with Gasteiger partial charge < -0.3 is 18.9 Å². The van der Waals surface area contributed by atoms with Crippen LogP contribution in [0.25, 0.3) is 0 Å². The lowest BCUT2D eigenvalue weighted by atomic mass is 10.1. The quantitative estimate of drug-likeness (QED) is 0.490. The second-order valence-electron chi connectivity index (χ2n) is 4.34. The number of ether oxygens (including phenoxy) is 4. The van der Waals surface area contributed by atoms with Crippen LogP contribution in [0.4, 0.5) is 0 Å². The zero-order chi connectivity index (χ0) is 16.6. The molecule has 0 aliphatic carbocycles. The molecule has 8 nitrogen and oxygen atoms in total. The fourth-order valence-corrected chi connectivity index (χ4v) is 1.60. The summed E-state index contributed by atoms with van der Waals surface area (Å²) in [5.74, 6) is -2.49. The van der Waals surface area contributed by atoms with Gasteiger partial charge in [0.25, 0.3) is 0 Å². The average molecular weight is 304 g/mol. The highest BCUT2D eigenvalue weighted by atomic mass is 16.6. The fourth-order valence-electron chi connectivity index (χ4n) is 1.60. The first kappa shape index (κ1) is 18.9. The van der Waals surface area contributed by atoms with Gasteiger partial charge in [-0.15, -0.1) is 0 Å². The van der Waals surface area contributed by atoms with E-state index in [-0.39, 0.29) is 6.61 Å². The summed E-state index contributed by atoms with van der Waals surface area (Å²) in [5.41, 5.74) is 0. The Bertz CT molecular complexity index is 403. The first-order valence-electron chi connectivity index (χ1n) is 6.28. The van der Waals surface area contributed by atoms with Gasteiger partial charge in [-0.3, -0.25) is 19.2 Å². The van der Waals surface area contributed by atoms with Crippen LogP contribution < -0.4 is 0 Å². The SMILES string of the molecule is CC(=O)OCC(OC(C)=O)C(OC(C)=O)C(C)OC(C)=O. The molecule has 21 heavy (non-hydrogen) atoms. The molecule has 0 aromatic carbocycles. The Hall–Kier alpha value is -2.12. The van der Waals surface area contributed by atoms with Crippen molar-refractivity contribution in [1.82, 2.24) is 0 Å². The monoisotopic (exact) mass is 304 g/mol. The number of esters is 4. The lowest BCUT2D eigenvalue weighted by Gasteiger charge is -2.29. The molecular formula is C13H20O8. The Morgan fingerprint density at radius 1 is 0.762 bits per heavy atom. The van der Waals surface area contributed by atoms with Crippen molar-refractivity contribution in [2.24, 2.45) is 0 Å². The first-order chi connectivity index (χ1) is 9.63. The second kappa shape index (κ2) is 8.93. The van der Waals surface area contributed by atoms with Crippen LogP contribution in [-0.2, 0) is 38.1 Å². The van der Waals surface area contributed by atoms with Gasteiger partial charge in [0.1, 0.15) is 12.7 Å². The summed E-state index contributed by atoms with van der Waals surface area (Å²) in [7, 11) is 0. The Morgan fingerprint density at radius 2 is 1.24 bits per heavy atom. The normalized spacial score (nSPS) is 14.3. The topological polar surface area (TPSA) is 105 Å². The van der Waals surface area contributed by atoms with Gasteiger partial charge in [0.2, 0.25) is 0 Å². The van der Waals surface area contributed by atoms with Crippen LogP contribution >= 0.6 is 0 Å². The number of hydrogen-bond acceptors (Lipinski definition) is 8. The van der Waals surface area contributed by atoms with Gasteiger partial charge in [0, 0.05) is 27.7 Å². The van der Waals surface area contributed by atoms with E-state index >= 15 is 0 Å². The molecule has 0 radical (unpaired) electrons. The molecule has 0 aromatic rings. The molecule has 0 heterocycles. The zero-order valence-corrected chi connectivity index (χ0v) is 12.7. The smallest absolute Gasteiger partial charge is 0.303 e. The third kappa shape index (κ3) is 8.61. The summed E-state index contributed by atoms with van der Waals surface area (Å²) in [6, 6.07) is 0. The third-order valence-electron chi connectivity index (χ3n) is 2.25. The molecule has 0 N–H and O–H groups in total. The molecule has 0 fully saturated rings. The van der Waals surface area contributed by atoms with Crippen LogP contribution in [0.2, 0.25) is 0 Å². The maximum Gasteiger partial charge on any atom is 0.303 e. The Balaban J connectivity index is 5.12. The molecule has 0 aliphatic heterocycles. The van der Waals surface area contributed by atoms with E-state index in [1.807, 2.05) is 0 Å². The lowest BCUT2D eigenvalue weighted by molar-refractivity contribution is -0.187. The number of carbonyl (C=O) groups excluding carboxylic acids is 4. The maximum absolute atomic E-state index is 11.2. The van der Waals surface area contributed by atoms with Crippen molar-refractivity contribution >= 4 is 23.9 Å². The van der Waals surface area contributed by atoms with Crippen LogP contribution in [0.3, 0.4) is 0 Å². The molecule has 3 atom stereocenters. The highest BCUT2D eigenvalue weighted by Crippen LogP contribution is 2.14. The van der Waals surface area contributed by atoms with Crippen LogP contribution in [0.15, 0.2) is 0 Å². The summed E-state index contributed by atoms with van der Waals surface area (Å²) in [6.45, 7) is 5.83. The van der Waals surface area contributed by atoms with Crippen molar-refractivity contribution in [1.29, 1.82) is 0 Å². The van der Waals surface area contributed by atoms with E-state index < -0.39 is 42.2 Å².